The van der Waals surface area contributed by atoms with Crippen molar-refractivity contribution in [3.8, 4) is 0 Å². The van der Waals surface area contributed by atoms with Gasteiger partial charge in [0.05, 0.1) is 28.7 Å². The van der Waals surface area contributed by atoms with Crippen molar-refractivity contribution < 1.29 is 24.3 Å². The van der Waals surface area contributed by atoms with Gasteiger partial charge in [0, 0.05) is 50.7 Å². The van der Waals surface area contributed by atoms with Crippen molar-refractivity contribution in [2.24, 2.45) is 0 Å². The second-order valence-corrected chi connectivity index (χ2v) is 10.6. The Morgan fingerprint density at radius 1 is 1.07 bits per heavy atom. The molecule has 1 saturated heterocycles. The van der Waals surface area contributed by atoms with E-state index >= 15 is 0 Å². The average Bonchev–Trinajstić information content (AvgIpc) is 3.40. The van der Waals surface area contributed by atoms with Crippen molar-refractivity contribution >= 4 is 46.5 Å². The van der Waals surface area contributed by atoms with Gasteiger partial charge in [-0.3, -0.25) is 19.4 Å². The average molecular weight is 579 g/mol. The lowest BCUT2D eigenvalue weighted by Gasteiger charge is -2.26. The molecule has 4 rings (SSSR count). The molecule has 1 unspecified atom stereocenters. The third kappa shape index (κ3) is 8.04. The van der Waals surface area contributed by atoms with Crippen LogP contribution in [0.5, 0.6) is 0 Å². The van der Waals surface area contributed by atoms with Crippen LogP contribution >= 0.6 is 11.3 Å². The SMILES string of the molecule is CCCNC(=O)Nc1cc(C(=O)NC(CC(=O)O)c2cccnc2)ccc1N1CCCN(C(=O)c2cccs2)CC1. The molecule has 1 atom stereocenters. The first-order chi connectivity index (χ1) is 19.9. The van der Waals surface area contributed by atoms with Gasteiger partial charge in [0.1, 0.15) is 0 Å². The van der Waals surface area contributed by atoms with Crippen molar-refractivity contribution in [3.63, 3.8) is 0 Å². The molecule has 4 amide bonds. The number of carboxylic acids is 1. The number of carbonyl (C=O) groups is 4. The van der Waals surface area contributed by atoms with E-state index in [1.165, 1.54) is 17.5 Å². The highest BCUT2D eigenvalue weighted by Gasteiger charge is 2.24. The van der Waals surface area contributed by atoms with Crippen LogP contribution in [0.4, 0.5) is 16.2 Å². The molecular formula is C29H34N6O5S. The Morgan fingerprint density at radius 2 is 1.93 bits per heavy atom. The van der Waals surface area contributed by atoms with Crippen molar-refractivity contribution in [3.05, 3.63) is 76.2 Å². The minimum Gasteiger partial charge on any atom is -0.481 e. The van der Waals surface area contributed by atoms with Crippen LogP contribution in [-0.2, 0) is 4.79 Å². The number of aliphatic carboxylic acids is 1. The number of benzene rings is 1. The number of anilines is 2. The number of hydrogen-bond donors (Lipinski definition) is 4. The molecular weight excluding hydrogens is 544 g/mol. The monoisotopic (exact) mass is 578 g/mol. The normalized spacial score (nSPS) is 14.1. The summed E-state index contributed by atoms with van der Waals surface area (Å²) in [4.78, 5) is 59.0. The molecule has 41 heavy (non-hydrogen) atoms. The number of nitrogens with zero attached hydrogens (tertiary/aromatic N) is 3. The molecule has 0 saturated carbocycles. The van der Waals surface area contributed by atoms with E-state index in [1.807, 2.05) is 29.3 Å². The molecule has 0 radical (unpaired) electrons. The summed E-state index contributed by atoms with van der Waals surface area (Å²) in [5.41, 5.74) is 2.01. The van der Waals surface area contributed by atoms with Gasteiger partial charge >= 0.3 is 12.0 Å². The summed E-state index contributed by atoms with van der Waals surface area (Å²) < 4.78 is 0. The summed E-state index contributed by atoms with van der Waals surface area (Å²) in [5, 5.41) is 19.7. The highest BCUT2D eigenvalue weighted by molar-refractivity contribution is 7.12. The number of urea groups is 1. The predicted octanol–water partition coefficient (Wildman–Crippen LogP) is 3.97. The fourth-order valence-electron chi connectivity index (χ4n) is 4.63. The fourth-order valence-corrected chi connectivity index (χ4v) is 5.32. The van der Waals surface area contributed by atoms with Gasteiger partial charge in [-0.05, 0) is 54.1 Å². The topological polar surface area (TPSA) is 144 Å². The molecule has 3 aromatic rings. The minimum absolute atomic E-state index is 0.00990. The van der Waals surface area contributed by atoms with Gasteiger partial charge in [-0.1, -0.05) is 19.1 Å². The quantitative estimate of drug-likeness (QED) is 0.285. The van der Waals surface area contributed by atoms with Gasteiger partial charge < -0.3 is 30.9 Å². The van der Waals surface area contributed by atoms with E-state index in [0.29, 0.717) is 48.9 Å². The zero-order valence-corrected chi connectivity index (χ0v) is 23.7. The Bertz CT molecular complexity index is 1350. The van der Waals surface area contributed by atoms with E-state index in [9.17, 15) is 24.3 Å². The summed E-state index contributed by atoms with van der Waals surface area (Å²) in [5.74, 6) is -1.53. The molecule has 4 N–H and O–H groups in total. The number of carboxylic acid groups (broad SMARTS) is 1. The van der Waals surface area contributed by atoms with Crippen LogP contribution < -0.4 is 20.9 Å². The molecule has 1 aliphatic heterocycles. The lowest BCUT2D eigenvalue weighted by atomic mass is 10.0. The van der Waals surface area contributed by atoms with Gasteiger partial charge in [-0.2, -0.15) is 0 Å². The largest absolute Gasteiger partial charge is 0.481 e. The maximum atomic E-state index is 13.3. The van der Waals surface area contributed by atoms with E-state index in [0.717, 1.165) is 18.5 Å². The number of carbonyl (C=O) groups excluding carboxylic acids is 3. The van der Waals surface area contributed by atoms with Crippen LogP contribution in [0.15, 0.2) is 60.2 Å². The maximum absolute atomic E-state index is 13.3. The molecule has 2 aromatic heterocycles. The van der Waals surface area contributed by atoms with Crippen LogP contribution in [0, 0.1) is 0 Å². The Morgan fingerprint density at radius 3 is 2.63 bits per heavy atom. The molecule has 0 bridgehead atoms. The summed E-state index contributed by atoms with van der Waals surface area (Å²) in [7, 11) is 0. The first-order valence-corrected chi connectivity index (χ1v) is 14.4. The van der Waals surface area contributed by atoms with Crippen LogP contribution in [0.3, 0.4) is 0 Å². The number of amides is 4. The van der Waals surface area contributed by atoms with Crippen molar-refractivity contribution in [2.45, 2.75) is 32.2 Å². The molecule has 12 heteroatoms. The van der Waals surface area contributed by atoms with Crippen LogP contribution in [0.2, 0.25) is 0 Å². The summed E-state index contributed by atoms with van der Waals surface area (Å²) in [6.07, 6.45) is 4.29. The standard InChI is InChI=1S/C29H34N6O5S/c1-2-10-31-29(40)33-23-17-20(27(38)32-22(18-26(36)37)21-6-3-11-30-19-21)8-9-24(23)34-12-5-13-35(15-14-34)28(39)25-7-4-16-41-25/h3-4,6-9,11,16-17,19,22H,2,5,10,12-15,18H2,1H3,(H,32,38)(H,36,37)(H2,31,33,40). The van der Waals surface area contributed by atoms with Gasteiger partial charge in [0.2, 0.25) is 0 Å². The number of hydrogen-bond acceptors (Lipinski definition) is 7. The maximum Gasteiger partial charge on any atom is 0.319 e. The van der Waals surface area contributed by atoms with E-state index in [1.54, 1.807) is 36.5 Å². The van der Waals surface area contributed by atoms with Gasteiger partial charge in [0.25, 0.3) is 11.8 Å². The van der Waals surface area contributed by atoms with Crippen molar-refractivity contribution in [2.75, 3.05) is 42.9 Å². The van der Waals surface area contributed by atoms with E-state index < -0.39 is 23.9 Å². The summed E-state index contributed by atoms with van der Waals surface area (Å²) >= 11 is 1.42. The van der Waals surface area contributed by atoms with Gasteiger partial charge in [-0.25, -0.2) is 4.79 Å². The molecule has 1 aliphatic rings. The minimum atomic E-state index is -1.06. The molecule has 0 spiro atoms. The molecule has 3 heterocycles. The van der Waals surface area contributed by atoms with Crippen LogP contribution in [-0.4, -0.2) is 71.5 Å². The number of pyridine rings is 1. The van der Waals surface area contributed by atoms with Crippen LogP contribution in [0.1, 0.15) is 57.8 Å². The molecule has 11 nitrogen and oxygen atoms in total. The Labute approximate surface area is 242 Å². The van der Waals surface area contributed by atoms with Crippen molar-refractivity contribution in [1.82, 2.24) is 20.5 Å². The summed E-state index contributed by atoms with van der Waals surface area (Å²) in [6.45, 7) is 4.79. The smallest absolute Gasteiger partial charge is 0.319 e. The number of thiophene rings is 1. The number of aromatic nitrogens is 1. The van der Waals surface area contributed by atoms with Crippen molar-refractivity contribution in [1.29, 1.82) is 0 Å². The zero-order valence-electron chi connectivity index (χ0n) is 22.8. The first kappa shape index (κ1) is 29.5. The summed E-state index contributed by atoms with van der Waals surface area (Å²) in [6, 6.07) is 10.9. The lowest BCUT2D eigenvalue weighted by Crippen LogP contribution is -2.35. The fraction of sp³-hybridized carbons (Fsp3) is 0.345. The molecule has 216 valence electrons. The second kappa shape index (κ2) is 14.3. The highest BCUT2D eigenvalue weighted by atomic mass is 32.1. The van der Waals surface area contributed by atoms with E-state index in [-0.39, 0.29) is 17.9 Å². The third-order valence-electron chi connectivity index (χ3n) is 6.67. The Balaban J connectivity index is 1.55. The Kier molecular flexibility index (Phi) is 10.3. The molecule has 1 fully saturated rings. The molecule has 0 aliphatic carbocycles. The van der Waals surface area contributed by atoms with E-state index in [2.05, 4.69) is 25.8 Å². The first-order valence-electron chi connectivity index (χ1n) is 13.5. The van der Waals surface area contributed by atoms with Crippen LogP contribution in [0.25, 0.3) is 0 Å². The predicted molar refractivity (Wildman–Crippen MR) is 158 cm³/mol. The number of rotatable bonds is 10. The van der Waals surface area contributed by atoms with E-state index in [4.69, 9.17) is 0 Å². The number of nitrogens with one attached hydrogen (secondary N) is 3. The van der Waals surface area contributed by atoms with Gasteiger partial charge in [0.15, 0.2) is 0 Å². The third-order valence-corrected chi connectivity index (χ3v) is 7.53. The van der Waals surface area contributed by atoms with Gasteiger partial charge in [-0.15, -0.1) is 11.3 Å². The Hall–Kier alpha value is -4.45. The molecule has 1 aromatic carbocycles. The second-order valence-electron chi connectivity index (χ2n) is 9.63. The zero-order chi connectivity index (χ0) is 29.2. The highest BCUT2D eigenvalue weighted by Crippen LogP contribution is 2.29. The lowest BCUT2D eigenvalue weighted by molar-refractivity contribution is -0.137.